The fraction of sp³-hybridized carbons (Fsp3) is 0.714. The number of aryl methyl sites for hydroxylation is 1. The SMILES string of the molecule is Cc1[nH]nc(C(=O)N2CCC(N3CCCCC3)C2)c1N. The van der Waals surface area contributed by atoms with Crippen LogP contribution in [-0.2, 0) is 0 Å². The zero-order valence-corrected chi connectivity index (χ0v) is 12.1. The number of hydrogen-bond acceptors (Lipinski definition) is 4. The van der Waals surface area contributed by atoms with Crippen molar-refractivity contribution < 1.29 is 4.79 Å². The number of hydrogen-bond donors (Lipinski definition) is 2. The van der Waals surface area contributed by atoms with E-state index in [1.54, 1.807) is 0 Å². The van der Waals surface area contributed by atoms with Crippen LogP contribution in [0.2, 0.25) is 0 Å². The lowest BCUT2D eigenvalue weighted by molar-refractivity contribution is 0.0767. The Bertz CT molecular complexity index is 492. The van der Waals surface area contributed by atoms with E-state index >= 15 is 0 Å². The molecule has 6 heteroatoms. The highest BCUT2D eigenvalue weighted by atomic mass is 16.2. The van der Waals surface area contributed by atoms with Gasteiger partial charge in [0, 0.05) is 19.1 Å². The molecule has 6 nitrogen and oxygen atoms in total. The Morgan fingerprint density at radius 3 is 2.70 bits per heavy atom. The molecule has 0 spiro atoms. The summed E-state index contributed by atoms with van der Waals surface area (Å²) < 4.78 is 0. The number of aromatic amines is 1. The normalized spacial score (nSPS) is 24.2. The van der Waals surface area contributed by atoms with Gasteiger partial charge >= 0.3 is 0 Å². The third kappa shape index (κ3) is 2.40. The van der Waals surface area contributed by atoms with Crippen molar-refractivity contribution in [1.82, 2.24) is 20.0 Å². The number of nitrogens with two attached hydrogens (primary N) is 1. The number of rotatable bonds is 2. The number of nitrogen functional groups attached to an aromatic ring is 1. The molecular weight excluding hydrogens is 254 g/mol. The number of nitrogens with one attached hydrogen (secondary N) is 1. The molecule has 0 bridgehead atoms. The fourth-order valence-electron chi connectivity index (χ4n) is 3.26. The van der Waals surface area contributed by atoms with Gasteiger partial charge in [-0.15, -0.1) is 0 Å². The lowest BCUT2D eigenvalue weighted by Crippen LogP contribution is -2.41. The Kier molecular flexibility index (Phi) is 3.65. The first-order chi connectivity index (χ1) is 9.66. The Hall–Kier alpha value is -1.56. The van der Waals surface area contributed by atoms with E-state index in [1.165, 1.54) is 32.4 Å². The van der Waals surface area contributed by atoms with Crippen molar-refractivity contribution in [3.8, 4) is 0 Å². The number of anilines is 1. The number of piperidine rings is 1. The minimum atomic E-state index is -0.0358. The van der Waals surface area contributed by atoms with Gasteiger partial charge in [0.25, 0.3) is 5.91 Å². The number of carbonyl (C=O) groups is 1. The molecule has 2 aliphatic heterocycles. The zero-order chi connectivity index (χ0) is 14.1. The van der Waals surface area contributed by atoms with Crippen LogP contribution in [0.25, 0.3) is 0 Å². The number of H-pyrrole nitrogens is 1. The van der Waals surface area contributed by atoms with E-state index in [0.29, 0.717) is 17.4 Å². The van der Waals surface area contributed by atoms with Crippen molar-refractivity contribution in [1.29, 1.82) is 0 Å². The predicted molar refractivity (Wildman–Crippen MR) is 77.5 cm³/mol. The van der Waals surface area contributed by atoms with E-state index in [1.807, 2.05) is 11.8 Å². The van der Waals surface area contributed by atoms with Gasteiger partial charge in [0.2, 0.25) is 0 Å². The molecule has 0 aliphatic carbocycles. The quantitative estimate of drug-likeness (QED) is 0.845. The summed E-state index contributed by atoms with van der Waals surface area (Å²) >= 11 is 0. The average Bonchev–Trinajstić information content (AvgIpc) is 3.08. The molecule has 3 heterocycles. The molecule has 2 aliphatic rings. The second-order valence-corrected chi connectivity index (χ2v) is 5.90. The summed E-state index contributed by atoms with van der Waals surface area (Å²) in [5.74, 6) is -0.0358. The topological polar surface area (TPSA) is 78.2 Å². The number of carbonyl (C=O) groups excluding carboxylic acids is 1. The molecular formula is C14H23N5O. The van der Waals surface area contributed by atoms with Crippen molar-refractivity contribution in [2.45, 2.75) is 38.6 Å². The second-order valence-electron chi connectivity index (χ2n) is 5.90. The van der Waals surface area contributed by atoms with Crippen molar-refractivity contribution in [3.05, 3.63) is 11.4 Å². The number of amides is 1. The van der Waals surface area contributed by atoms with Crippen LogP contribution < -0.4 is 5.73 Å². The maximum absolute atomic E-state index is 12.5. The molecule has 1 amide bonds. The van der Waals surface area contributed by atoms with Crippen LogP contribution in [0.3, 0.4) is 0 Å². The molecule has 1 atom stereocenters. The van der Waals surface area contributed by atoms with Crippen molar-refractivity contribution in [2.75, 3.05) is 31.9 Å². The summed E-state index contributed by atoms with van der Waals surface area (Å²) in [6.07, 6.45) is 4.98. The fourth-order valence-corrected chi connectivity index (χ4v) is 3.26. The first-order valence-corrected chi connectivity index (χ1v) is 7.50. The van der Waals surface area contributed by atoms with E-state index in [0.717, 1.165) is 25.2 Å². The summed E-state index contributed by atoms with van der Waals surface area (Å²) in [7, 11) is 0. The molecule has 2 fully saturated rings. The minimum absolute atomic E-state index is 0.0358. The van der Waals surface area contributed by atoms with Crippen LogP contribution >= 0.6 is 0 Å². The molecule has 0 aromatic carbocycles. The van der Waals surface area contributed by atoms with Crippen LogP contribution in [0.4, 0.5) is 5.69 Å². The Morgan fingerprint density at radius 1 is 1.30 bits per heavy atom. The molecule has 1 unspecified atom stereocenters. The van der Waals surface area contributed by atoms with Gasteiger partial charge in [-0.1, -0.05) is 6.42 Å². The standard InChI is InChI=1S/C14H23N5O/c1-10-12(15)13(17-16-10)14(20)19-8-5-11(9-19)18-6-3-2-4-7-18/h11H,2-9,15H2,1H3,(H,16,17). The Balaban J connectivity index is 1.64. The summed E-state index contributed by atoms with van der Waals surface area (Å²) in [4.78, 5) is 16.9. The smallest absolute Gasteiger partial charge is 0.276 e. The van der Waals surface area contributed by atoms with Gasteiger partial charge in [-0.2, -0.15) is 5.10 Å². The molecule has 1 aromatic rings. The van der Waals surface area contributed by atoms with Crippen LogP contribution in [0.5, 0.6) is 0 Å². The molecule has 110 valence electrons. The summed E-state index contributed by atoms with van der Waals surface area (Å²) in [5.41, 5.74) is 7.52. The summed E-state index contributed by atoms with van der Waals surface area (Å²) in [6, 6.07) is 0.514. The van der Waals surface area contributed by atoms with E-state index in [-0.39, 0.29) is 5.91 Å². The molecule has 0 saturated carbocycles. The number of nitrogens with zero attached hydrogens (tertiary/aromatic N) is 3. The number of aromatic nitrogens is 2. The van der Waals surface area contributed by atoms with Crippen molar-refractivity contribution >= 4 is 11.6 Å². The zero-order valence-electron chi connectivity index (χ0n) is 12.1. The van der Waals surface area contributed by atoms with Gasteiger partial charge in [0.1, 0.15) is 0 Å². The molecule has 1 aromatic heterocycles. The number of likely N-dealkylation sites (tertiary alicyclic amines) is 2. The third-order valence-electron chi connectivity index (χ3n) is 4.55. The van der Waals surface area contributed by atoms with Crippen LogP contribution in [-0.4, -0.2) is 58.1 Å². The van der Waals surface area contributed by atoms with Gasteiger partial charge < -0.3 is 10.6 Å². The van der Waals surface area contributed by atoms with E-state index < -0.39 is 0 Å². The largest absolute Gasteiger partial charge is 0.395 e. The highest BCUT2D eigenvalue weighted by Gasteiger charge is 2.32. The predicted octanol–water partition coefficient (Wildman–Crippen LogP) is 1.00. The lowest BCUT2D eigenvalue weighted by atomic mass is 10.1. The Morgan fingerprint density at radius 2 is 2.05 bits per heavy atom. The van der Waals surface area contributed by atoms with Crippen LogP contribution in [0, 0.1) is 6.92 Å². The molecule has 3 N–H and O–H groups in total. The van der Waals surface area contributed by atoms with Gasteiger partial charge in [0.05, 0.1) is 11.4 Å². The van der Waals surface area contributed by atoms with E-state index in [2.05, 4.69) is 15.1 Å². The lowest BCUT2D eigenvalue weighted by Gasteiger charge is -2.32. The highest BCUT2D eigenvalue weighted by Crippen LogP contribution is 2.23. The first-order valence-electron chi connectivity index (χ1n) is 7.50. The maximum Gasteiger partial charge on any atom is 0.276 e. The monoisotopic (exact) mass is 277 g/mol. The summed E-state index contributed by atoms with van der Waals surface area (Å²) in [5, 5.41) is 6.83. The average molecular weight is 277 g/mol. The van der Waals surface area contributed by atoms with Crippen LogP contribution in [0.15, 0.2) is 0 Å². The molecule has 20 heavy (non-hydrogen) atoms. The molecule has 0 radical (unpaired) electrons. The van der Waals surface area contributed by atoms with Gasteiger partial charge in [0.15, 0.2) is 5.69 Å². The minimum Gasteiger partial charge on any atom is -0.395 e. The molecule has 2 saturated heterocycles. The second kappa shape index (κ2) is 5.44. The first kappa shape index (κ1) is 13.4. The summed E-state index contributed by atoms with van der Waals surface area (Å²) in [6.45, 7) is 5.81. The third-order valence-corrected chi connectivity index (χ3v) is 4.55. The van der Waals surface area contributed by atoms with Crippen molar-refractivity contribution in [3.63, 3.8) is 0 Å². The Labute approximate surface area is 119 Å². The van der Waals surface area contributed by atoms with E-state index in [9.17, 15) is 4.79 Å². The van der Waals surface area contributed by atoms with Gasteiger partial charge in [-0.05, 0) is 39.3 Å². The van der Waals surface area contributed by atoms with Gasteiger partial charge in [-0.25, -0.2) is 0 Å². The van der Waals surface area contributed by atoms with Crippen LogP contribution in [0.1, 0.15) is 41.9 Å². The van der Waals surface area contributed by atoms with Gasteiger partial charge in [-0.3, -0.25) is 14.8 Å². The van der Waals surface area contributed by atoms with Crippen molar-refractivity contribution in [2.24, 2.45) is 0 Å². The maximum atomic E-state index is 12.5. The highest BCUT2D eigenvalue weighted by molar-refractivity contribution is 5.97. The molecule has 3 rings (SSSR count). The van der Waals surface area contributed by atoms with E-state index in [4.69, 9.17) is 5.73 Å².